The van der Waals surface area contributed by atoms with Gasteiger partial charge in [-0.3, -0.25) is 4.98 Å². The molecule has 0 bridgehead atoms. The number of rotatable bonds is 3. The average molecular weight is 301 g/mol. The lowest BCUT2D eigenvalue weighted by molar-refractivity contribution is 0.412. The largest absolute Gasteiger partial charge is 0.494 e. The third-order valence-electron chi connectivity index (χ3n) is 3.15. The first-order valence-electron chi connectivity index (χ1n) is 6.34. The number of hydrogen-bond donors (Lipinski definition) is 1. The maximum Gasteiger partial charge on any atom is 0.154 e. The molecule has 1 heterocycles. The van der Waals surface area contributed by atoms with Gasteiger partial charge in [-0.25, -0.2) is 0 Å². The van der Waals surface area contributed by atoms with Crippen molar-refractivity contribution in [2.75, 3.05) is 12.8 Å². The number of ether oxygens (including phenoxy) is 2. The summed E-state index contributed by atoms with van der Waals surface area (Å²) in [7, 11) is 1.56. The molecule has 0 spiro atoms. The molecule has 106 valence electrons. The Morgan fingerprint density at radius 2 is 1.81 bits per heavy atom. The number of benzene rings is 2. The van der Waals surface area contributed by atoms with Crippen molar-refractivity contribution >= 4 is 28.2 Å². The quantitative estimate of drug-likeness (QED) is 0.734. The van der Waals surface area contributed by atoms with Gasteiger partial charge in [-0.15, -0.1) is 0 Å². The molecule has 0 saturated heterocycles. The summed E-state index contributed by atoms with van der Waals surface area (Å²) >= 11 is 6.17. The molecule has 0 amide bonds. The second-order valence-corrected chi connectivity index (χ2v) is 4.83. The molecular formula is C16H13ClN2O2. The topological polar surface area (TPSA) is 57.4 Å². The molecule has 0 unspecified atom stereocenters. The molecule has 0 radical (unpaired) electrons. The zero-order chi connectivity index (χ0) is 14.8. The maximum absolute atomic E-state index is 6.17. The van der Waals surface area contributed by atoms with Crippen LogP contribution in [0.15, 0.2) is 48.7 Å². The Morgan fingerprint density at radius 3 is 2.62 bits per heavy atom. The van der Waals surface area contributed by atoms with E-state index in [1.54, 1.807) is 37.6 Å². The molecule has 0 atom stereocenters. The van der Waals surface area contributed by atoms with E-state index in [2.05, 4.69) is 4.98 Å². The summed E-state index contributed by atoms with van der Waals surface area (Å²) in [4.78, 5) is 4.33. The van der Waals surface area contributed by atoms with Crippen LogP contribution in [0, 0.1) is 0 Å². The van der Waals surface area contributed by atoms with Crippen LogP contribution >= 0.6 is 11.6 Å². The predicted octanol–water partition coefficient (Wildman–Crippen LogP) is 4.27. The second kappa shape index (κ2) is 5.50. The molecule has 3 rings (SSSR count). The Balaban J connectivity index is 2.09. The molecule has 0 fully saturated rings. The highest BCUT2D eigenvalue weighted by Crippen LogP contribution is 2.37. The Bertz CT molecular complexity index is 805. The van der Waals surface area contributed by atoms with Crippen LogP contribution in [-0.4, -0.2) is 12.1 Å². The number of aromatic nitrogens is 1. The predicted molar refractivity (Wildman–Crippen MR) is 84.2 cm³/mol. The molecule has 0 saturated carbocycles. The summed E-state index contributed by atoms with van der Waals surface area (Å²) in [6.45, 7) is 0. The van der Waals surface area contributed by atoms with Crippen LogP contribution in [-0.2, 0) is 0 Å². The van der Waals surface area contributed by atoms with Crippen LogP contribution < -0.4 is 15.2 Å². The monoisotopic (exact) mass is 300 g/mol. The number of nitrogens with two attached hydrogens (primary N) is 1. The van der Waals surface area contributed by atoms with Gasteiger partial charge >= 0.3 is 0 Å². The second-order valence-electron chi connectivity index (χ2n) is 4.42. The lowest BCUT2D eigenvalue weighted by Crippen LogP contribution is -1.96. The van der Waals surface area contributed by atoms with E-state index in [1.807, 2.05) is 18.2 Å². The number of nitrogens with zero attached hydrogens (tertiary/aromatic N) is 1. The molecule has 5 heteroatoms. The van der Waals surface area contributed by atoms with Crippen molar-refractivity contribution in [1.82, 2.24) is 4.98 Å². The van der Waals surface area contributed by atoms with Gasteiger partial charge < -0.3 is 15.2 Å². The Hall–Kier alpha value is -2.46. The molecule has 2 N–H and O–H groups in total. The van der Waals surface area contributed by atoms with Crippen molar-refractivity contribution in [1.29, 1.82) is 0 Å². The van der Waals surface area contributed by atoms with Crippen molar-refractivity contribution in [2.24, 2.45) is 0 Å². The fourth-order valence-corrected chi connectivity index (χ4v) is 2.32. The standard InChI is InChI=1S/C16H13ClN2O2/c1-20-12-5-2-6-13(15(12)18)21-14-8-7-11(17)10-4-3-9-19-16(10)14/h2-9H,18H2,1H3. The van der Waals surface area contributed by atoms with E-state index in [4.69, 9.17) is 26.8 Å². The van der Waals surface area contributed by atoms with Gasteiger partial charge in [0.05, 0.1) is 12.1 Å². The fourth-order valence-electron chi connectivity index (χ4n) is 2.10. The van der Waals surface area contributed by atoms with Gasteiger partial charge in [0.2, 0.25) is 0 Å². The smallest absolute Gasteiger partial charge is 0.154 e. The van der Waals surface area contributed by atoms with Crippen molar-refractivity contribution in [3.63, 3.8) is 0 Å². The third kappa shape index (κ3) is 2.45. The summed E-state index contributed by atoms with van der Waals surface area (Å²) in [5.41, 5.74) is 7.15. The number of fused-ring (bicyclic) bond motifs is 1. The van der Waals surface area contributed by atoms with Gasteiger partial charge in [0.15, 0.2) is 11.5 Å². The summed E-state index contributed by atoms with van der Waals surface area (Å²) in [6, 6.07) is 12.6. The van der Waals surface area contributed by atoms with E-state index in [1.165, 1.54) is 0 Å². The van der Waals surface area contributed by atoms with E-state index in [9.17, 15) is 0 Å². The van der Waals surface area contributed by atoms with Crippen molar-refractivity contribution in [2.45, 2.75) is 0 Å². The number of halogens is 1. The minimum atomic E-state index is 0.444. The minimum Gasteiger partial charge on any atom is -0.494 e. The Morgan fingerprint density at radius 1 is 1.00 bits per heavy atom. The zero-order valence-corrected chi connectivity index (χ0v) is 12.1. The van der Waals surface area contributed by atoms with E-state index >= 15 is 0 Å². The van der Waals surface area contributed by atoms with E-state index in [0.717, 1.165) is 5.39 Å². The number of pyridine rings is 1. The molecule has 0 aliphatic carbocycles. The summed E-state index contributed by atoms with van der Waals surface area (Å²) in [6.07, 6.45) is 1.69. The van der Waals surface area contributed by atoms with Gasteiger partial charge in [0, 0.05) is 11.6 Å². The first-order valence-corrected chi connectivity index (χ1v) is 6.72. The normalized spacial score (nSPS) is 10.6. The summed E-state index contributed by atoms with van der Waals surface area (Å²) < 4.78 is 11.1. The third-order valence-corrected chi connectivity index (χ3v) is 3.47. The SMILES string of the molecule is COc1cccc(Oc2ccc(Cl)c3cccnc23)c1N. The zero-order valence-electron chi connectivity index (χ0n) is 11.3. The Kier molecular flexibility index (Phi) is 3.54. The van der Waals surface area contributed by atoms with Crippen LogP contribution in [0.3, 0.4) is 0 Å². The van der Waals surface area contributed by atoms with Gasteiger partial charge in [-0.05, 0) is 36.4 Å². The van der Waals surface area contributed by atoms with Gasteiger partial charge in [0.25, 0.3) is 0 Å². The van der Waals surface area contributed by atoms with Gasteiger partial charge in [-0.1, -0.05) is 17.7 Å². The van der Waals surface area contributed by atoms with Crippen LogP contribution in [0.2, 0.25) is 5.02 Å². The number of hydrogen-bond acceptors (Lipinski definition) is 4. The molecule has 0 aliphatic rings. The van der Waals surface area contributed by atoms with Crippen LogP contribution in [0.5, 0.6) is 17.2 Å². The van der Waals surface area contributed by atoms with E-state index in [0.29, 0.717) is 33.5 Å². The average Bonchev–Trinajstić information content (AvgIpc) is 2.52. The van der Waals surface area contributed by atoms with Crippen LogP contribution in [0.4, 0.5) is 5.69 Å². The molecular weight excluding hydrogens is 288 g/mol. The van der Waals surface area contributed by atoms with E-state index < -0.39 is 0 Å². The highest BCUT2D eigenvalue weighted by atomic mass is 35.5. The van der Waals surface area contributed by atoms with E-state index in [-0.39, 0.29) is 0 Å². The van der Waals surface area contributed by atoms with Crippen LogP contribution in [0.25, 0.3) is 10.9 Å². The maximum atomic E-state index is 6.17. The highest BCUT2D eigenvalue weighted by Gasteiger charge is 2.11. The number of nitrogen functional groups attached to an aromatic ring is 1. The number of anilines is 1. The summed E-state index contributed by atoms with van der Waals surface area (Å²) in [5, 5.41) is 1.46. The first-order chi connectivity index (χ1) is 10.2. The number of para-hydroxylation sites is 1. The van der Waals surface area contributed by atoms with Gasteiger partial charge in [-0.2, -0.15) is 0 Å². The van der Waals surface area contributed by atoms with Crippen LogP contribution in [0.1, 0.15) is 0 Å². The molecule has 21 heavy (non-hydrogen) atoms. The lowest BCUT2D eigenvalue weighted by Gasteiger charge is -2.12. The highest BCUT2D eigenvalue weighted by molar-refractivity contribution is 6.35. The molecule has 0 aliphatic heterocycles. The summed E-state index contributed by atoms with van der Waals surface area (Å²) in [5.74, 6) is 1.68. The number of methoxy groups -OCH3 is 1. The van der Waals surface area contributed by atoms with Gasteiger partial charge in [0.1, 0.15) is 17.0 Å². The molecule has 1 aromatic heterocycles. The Labute approximate surface area is 127 Å². The molecule has 3 aromatic rings. The van der Waals surface area contributed by atoms with Crippen molar-refractivity contribution in [3.05, 3.63) is 53.7 Å². The van der Waals surface area contributed by atoms with Crippen molar-refractivity contribution in [3.8, 4) is 17.2 Å². The minimum absolute atomic E-state index is 0.444. The van der Waals surface area contributed by atoms with Crippen molar-refractivity contribution < 1.29 is 9.47 Å². The fraction of sp³-hybridized carbons (Fsp3) is 0.0625. The molecule has 2 aromatic carbocycles. The lowest BCUT2D eigenvalue weighted by atomic mass is 10.2. The molecule has 4 nitrogen and oxygen atoms in total. The first kappa shape index (κ1) is 13.5.